The van der Waals surface area contributed by atoms with Gasteiger partial charge >= 0.3 is 12.2 Å². The van der Waals surface area contributed by atoms with Crippen LogP contribution in [0.5, 0.6) is 11.5 Å². The highest BCUT2D eigenvalue weighted by atomic mass is 19.3. The molecule has 3 rings (SSSR count). The van der Waals surface area contributed by atoms with Crippen LogP contribution in [0.2, 0.25) is 0 Å². The number of alkyl halides is 2. The summed E-state index contributed by atoms with van der Waals surface area (Å²) in [6.07, 6.45) is 11.3. The first kappa shape index (κ1) is 25.4. The fourth-order valence-corrected chi connectivity index (χ4v) is 4.92. The summed E-state index contributed by atoms with van der Waals surface area (Å²) in [5, 5.41) is 0. The Kier molecular flexibility index (Phi) is 9.45. The third-order valence-corrected chi connectivity index (χ3v) is 6.93. The standard InChI is InChI=1S/C27H34F4O2/c1-2-3-4-20-5-7-21(8-6-20)9-10-22-11-13-23(14-12-22)27(30,31)33-25-17-15-24(16-18-25)32-19-26(28)29/h2,9-10,15-23H,1,3-8,11-14H2/b10-9+. The molecule has 0 aliphatic heterocycles. The van der Waals surface area contributed by atoms with Crippen LogP contribution in [0.25, 0.3) is 0 Å². The summed E-state index contributed by atoms with van der Waals surface area (Å²) in [7, 11) is 0. The first-order chi connectivity index (χ1) is 15.9. The maximum Gasteiger partial charge on any atom is 0.400 e. The Morgan fingerprint density at radius 1 is 0.879 bits per heavy atom. The minimum atomic E-state index is -3.27. The van der Waals surface area contributed by atoms with E-state index in [2.05, 4.69) is 18.7 Å². The van der Waals surface area contributed by atoms with Gasteiger partial charge in [0.25, 0.3) is 0 Å². The molecule has 0 heterocycles. The average molecular weight is 467 g/mol. The Morgan fingerprint density at radius 2 is 1.42 bits per heavy atom. The Balaban J connectivity index is 1.41. The molecule has 0 N–H and O–H groups in total. The molecule has 2 aliphatic rings. The van der Waals surface area contributed by atoms with E-state index in [0.717, 1.165) is 25.2 Å². The number of hydrogen-bond acceptors (Lipinski definition) is 2. The summed E-state index contributed by atoms with van der Waals surface area (Å²) < 4.78 is 63.2. The largest absolute Gasteiger partial charge is 0.459 e. The fraction of sp³-hybridized carbons (Fsp3) is 0.556. The number of halogens is 4. The molecule has 0 radical (unpaired) electrons. The van der Waals surface area contributed by atoms with Gasteiger partial charge < -0.3 is 9.47 Å². The van der Waals surface area contributed by atoms with E-state index in [1.807, 2.05) is 6.08 Å². The van der Waals surface area contributed by atoms with Crippen LogP contribution in [0.1, 0.15) is 64.2 Å². The number of benzene rings is 1. The van der Waals surface area contributed by atoms with Crippen molar-refractivity contribution in [1.29, 1.82) is 0 Å². The van der Waals surface area contributed by atoms with E-state index in [9.17, 15) is 17.6 Å². The summed E-state index contributed by atoms with van der Waals surface area (Å²) in [6, 6.07) is 5.24. The zero-order chi connectivity index (χ0) is 23.7. The molecule has 182 valence electrons. The van der Waals surface area contributed by atoms with Gasteiger partial charge in [-0.15, -0.1) is 6.58 Å². The van der Waals surface area contributed by atoms with Gasteiger partial charge in [-0.25, -0.2) is 0 Å². The Bertz CT molecular complexity index is 783. The Morgan fingerprint density at radius 3 is 1.97 bits per heavy atom. The van der Waals surface area contributed by atoms with Crippen molar-refractivity contribution in [2.45, 2.75) is 70.3 Å². The van der Waals surface area contributed by atoms with Crippen molar-refractivity contribution >= 4 is 0 Å². The molecule has 0 amide bonds. The summed E-state index contributed by atoms with van der Waals surface area (Å²) >= 11 is 0. The second-order valence-corrected chi connectivity index (χ2v) is 9.30. The van der Waals surface area contributed by atoms with Gasteiger partial charge in [0.15, 0.2) is 6.26 Å². The van der Waals surface area contributed by atoms with Gasteiger partial charge in [-0.1, -0.05) is 18.2 Å². The lowest BCUT2D eigenvalue weighted by atomic mass is 9.78. The molecule has 1 aromatic rings. The van der Waals surface area contributed by atoms with Gasteiger partial charge in [-0.3, -0.25) is 0 Å². The molecule has 2 fully saturated rings. The summed E-state index contributed by atoms with van der Waals surface area (Å²) in [6.45, 7) is 3.80. The lowest BCUT2D eigenvalue weighted by Crippen LogP contribution is -2.37. The van der Waals surface area contributed by atoms with Crippen LogP contribution in [-0.4, -0.2) is 6.11 Å². The lowest BCUT2D eigenvalue weighted by molar-refractivity contribution is -0.223. The first-order valence-corrected chi connectivity index (χ1v) is 12.0. The van der Waals surface area contributed by atoms with Gasteiger partial charge in [0, 0.05) is 0 Å². The SMILES string of the molecule is C=CCCC1CCC(/C=C/C2CCC(C(F)(F)Oc3ccc(OC=C(F)F)cc3)CC2)CC1. The highest BCUT2D eigenvalue weighted by Gasteiger charge is 2.43. The van der Waals surface area contributed by atoms with Crippen LogP contribution in [-0.2, 0) is 0 Å². The monoisotopic (exact) mass is 466 g/mol. The highest BCUT2D eigenvalue weighted by molar-refractivity contribution is 5.32. The number of rotatable bonds is 10. The maximum absolute atomic E-state index is 14.7. The molecule has 0 saturated heterocycles. The second-order valence-electron chi connectivity index (χ2n) is 9.30. The molecule has 0 atom stereocenters. The molecule has 2 nitrogen and oxygen atoms in total. The summed E-state index contributed by atoms with van der Waals surface area (Å²) in [4.78, 5) is 0. The Labute approximate surface area is 194 Å². The van der Waals surface area contributed by atoms with Crippen LogP contribution < -0.4 is 9.47 Å². The second kappa shape index (κ2) is 12.3. The van der Waals surface area contributed by atoms with Gasteiger partial charge in [0.1, 0.15) is 11.5 Å². The van der Waals surface area contributed by atoms with E-state index in [0.29, 0.717) is 30.9 Å². The zero-order valence-corrected chi connectivity index (χ0v) is 19.0. The minimum Gasteiger partial charge on any atom is -0.459 e. The molecule has 0 aromatic heterocycles. The maximum atomic E-state index is 14.7. The van der Waals surface area contributed by atoms with Gasteiger partial charge in [-0.2, -0.15) is 17.6 Å². The third-order valence-electron chi connectivity index (χ3n) is 6.93. The van der Waals surface area contributed by atoms with Crippen molar-refractivity contribution in [2.24, 2.45) is 23.7 Å². The molecule has 1 aromatic carbocycles. The first-order valence-electron chi connectivity index (χ1n) is 12.0. The van der Waals surface area contributed by atoms with E-state index in [-0.39, 0.29) is 11.5 Å². The molecule has 33 heavy (non-hydrogen) atoms. The molecule has 0 unspecified atom stereocenters. The fourth-order valence-electron chi connectivity index (χ4n) is 4.92. The van der Waals surface area contributed by atoms with Crippen LogP contribution in [0.15, 0.2) is 61.4 Å². The molecule has 2 saturated carbocycles. The molecule has 6 heteroatoms. The van der Waals surface area contributed by atoms with E-state index >= 15 is 0 Å². The summed E-state index contributed by atoms with van der Waals surface area (Å²) in [5.41, 5.74) is 0. The van der Waals surface area contributed by atoms with E-state index in [1.54, 1.807) is 0 Å². The molecular formula is C27H34F4O2. The van der Waals surface area contributed by atoms with E-state index < -0.39 is 18.1 Å². The Hall–Kier alpha value is -2.24. The highest BCUT2D eigenvalue weighted by Crippen LogP contribution is 2.41. The van der Waals surface area contributed by atoms with Crippen LogP contribution in [0.4, 0.5) is 17.6 Å². The minimum absolute atomic E-state index is 0.0113. The molecule has 0 bridgehead atoms. The lowest BCUT2D eigenvalue weighted by Gasteiger charge is -2.32. The van der Waals surface area contributed by atoms with Gasteiger partial charge in [-0.05, 0) is 106 Å². The number of ether oxygens (including phenoxy) is 2. The van der Waals surface area contributed by atoms with Crippen molar-refractivity contribution in [3.8, 4) is 11.5 Å². The van der Waals surface area contributed by atoms with Crippen LogP contribution in [0.3, 0.4) is 0 Å². The van der Waals surface area contributed by atoms with E-state index in [1.165, 1.54) is 56.4 Å². The van der Waals surface area contributed by atoms with E-state index in [4.69, 9.17) is 9.47 Å². The number of allylic oxidation sites excluding steroid dienone is 3. The van der Waals surface area contributed by atoms with Crippen molar-refractivity contribution in [3.05, 3.63) is 61.4 Å². The third kappa shape index (κ3) is 8.24. The predicted molar refractivity (Wildman–Crippen MR) is 122 cm³/mol. The normalized spacial score (nSPS) is 26.1. The smallest absolute Gasteiger partial charge is 0.400 e. The molecule has 0 spiro atoms. The number of hydrogen-bond donors (Lipinski definition) is 0. The van der Waals surface area contributed by atoms with Gasteiger partial charge in [0.2, 0.25) is 0 Å². The van der Waals surface area contributed by atoms with Crippen molar-refractivity contribution < 1.29 is 27.0 Å². The predicted octanol–water partition coefficient (Wildman–Crippen LogP) is 8.91. The molecular weight excluding hydrogens is 432 g/mol. The van der Waals surface area contributed by atoms with Crippen LogP contribution >= 0.6 is 0 Å². The quantitative estimate of drug-likeness (QED) is 0.195. The van der Waals surface area contributed by atoms with Gasteiger partial charge in [0.05, 0.1) is 5.92 Å². The topological polar surface area (TPSA) is 18.5 Å². The van der Waals surface area contributed by atoms with Crippen molar-refractivity contribution in [2.75, 3.05) is 0 Å². The van der Waals surface area contributed by atoms with Crippen molar-refractivity contribution in [3.63, 3.8) is 0 Å². The average Bonchev–Trinajstić information content (AvgIpc) is 2.81. The zero-order valence-electron chi connectivity index (χ0n) is 19.0. The molecule has 2 aliphatic carbocycles. The summed E-state index contributed by atoms with van der Waals surface area (Å²) in [5.74, 6) is 1.08. The van der Waals surface area contributed by atoms with Crippen molar-refractivity contribution in [1.82, 2.24) is 0 Å². The van der Waals surface area contributed by atoms with Crippen LogP contribution in [0, 0.1) is 23.7 Å².